The van der Waals surface area contributed by atoms with Gasteiger partial charge in [0, 0.05) is 35.0 Å². The molecule has 2 aliphatic carbocycles. The maximum Gasteiger partial charge on any atom is 0.243 e. The molecule has 2 fully saturated rings. The molecule has 0 aliphatic heterocycles. The minimum absolute atomic E-state index is 0.0717. The van der Waals surface area contributed by atoms with E-state index in [0.717, 1.165) is 29.8 Å². The summed E-state index contributed by atoms with van der Waals surface area (Å²) in [4.78, 5) is 15.4. The summed E-state index contributed by atoms with van der Waals surface area (Å²) in [6.45, 7) is 9.54. The van der Waals surface area contributed by atoms with Gasteiger partial charge >= 0.3 is 0 Å². The Morgan fingerprint density at radius 1 is 1.36 bits per heavy atom. The number of rotatable bonds is 11. The van der Waals surface area contributed by atoms with Crippen molar-refractivity contribution >= 4 is 29.6 Å². The highest BCUT2D eigenvalue weighted by Crippen LogP contribution is 2.52. The average molecular weight is 472 g/mol. The van der Waals surface area contributed by atoms with Gasteiger partial charge in [0.15, 0.2) is 5.83 Å². The molecule has 5 atom stereocenters. The van der Waals surface area contributed by atoms with Crippen molar-refractivity contribution in [1.82, 2.24) is 5.32 Å². The molecule has 5 unspecified atom stereocenters. The molecule has 6 N–H and O–H groups in total. The molecule has 2 saturated carbocycles. The Morgan fingerprint density at radius 3 is 2.82 bits per heavy atom. The van der Waals surface area contributed by atoms with Gasteiger partial charge in [0.1, 0.15) is 5.82 Å². The minimum Gasteiger partial charge on any atom is -0.400 e. The summed E-state index contributed by atoms with van der Waals surface area (Å²) >= 11 is 1.97. The van der Waals surface area contributed by atoms with Gasteiger partial charge in [-0.15, -0.1) is 0 Å². The molecule has 0 heterocycles. The second-order valence-corrected chi connectivity index (χ2v) is 10.2. The van der Waals surface area contributed by atoms with Gasteiger partial charge in [-0.3, -0.25) is 4.79 Å². The second-order valence-electron chi connectivity index (χ2n) is 8.90. The van der Waals surface area contributed by atoms with Crippen molar-refractivity contribution in [3.63, 3.8) is 0 Å². The molecule has 33 heavy (non-hydrogen) atoms. The maximum absolute atomic E-state index is 13.5. The molecule has 0 radical (unpaired) electrons. The number of anilines is 1. The van der Waals surface area contributed by atoms with Crippen LogP contribution in [0.2, 0.25) is 0 Å². The van der Waals surface area contributed by atoms with Crippen LogP contribution in [0.5, 0.6) is 0 Å². The number of hydrogen-bond donors (Lipinski definition) is 4. The summed E-state index contributed by atoms with van der Waals surface area (Å²) in [5, 5.41) is 6.65. The van der Waals surface area contributed by atoms with Crippen LogP contribution >= 0.6 is 11.8 Å². The summed E-state index contributed by atoms with van der Waals surface area (Å²) in [5.41, 5.74) is 13.8. The molecule has 178 valence electrons. The van der Waals surface area contributed by atoms with Crippen LogP contribution in [-0.4, -0.2) is 29.7 Å². The number of halogens is 1. The third-order valence-corrected chi connectivity index (χ3v) is 8.02. The van der Waals surface area contributed by atoms with Gasteiger partial charge < -0.3 is 22.1 Å². The number of carbonyl (C=O) groups excluding carboxylic acids is 1. The first-order valence-corrected chi connectivity index (χ1v) is 12.3. The summed E-state index contributed by atoms with van der Waals surface area (Å²) in [5.74, 6) is 2.47. The molecular weight excluding hydrogens is 437 g/mol. The van der Waals surface area contributed by atoms with E-state index in [0.29, 0.717) is 28.8 Å². The number of nitrogens with two attached hydrogens (primary N) is 2. The number of aliphatic imine (C=N–C) groups is 1. The van der Waals surface area contributed by atoms with Crippen molar-refractivity contribution < 1.29 is 9.18 Å². The highest BCUT2D eigenvalue weighted by molar-refractivity contribution is 7.99. The van der Waals surface area contributed by atoms with Crippen molar-refractivity contribution in [2.24, 2.45) is 34.2 Å². The van der Waals surface area contributed by atoms with Crippen LogP contribution in [0, 0.1) is 17.8 Å². The Bertz CT molecular complexity index is 942. The van der Waals surface area contributed by atoms with E-state index < -0.39 is 5.83 Å². The summed E-state index contributed by atoms with van der Waals surface area (Å²) in [7, 11) is 0. The molecule has 8 heteroatoms. The molecule has 0 spiro atoms. The normalized spacial score (nSPS) is 25.5. The van der Waals surface area contributed by atoms with E-state index in [4.69, 9.17) is 11.5 Å². The van der Waals surface area contributed by atoms with Crippen molar-refractivity contribution in [3.05, 3.63) is 66.4 Å². The summed E-state index contributed by atoms with van der Waals surface area (Å²) in [6.07, 6.45) is 6.01. The molecule has 1 aromatic rings. The van der Waals surface area contributed by atoms with Crippen LogP contribution in [0.4, 0.5) is 10.1 Å². The number of allylic oxidation sites excluding steroid dienone is 2. The highest BCUT2D eigenvalue weighted by atomic mass is 32.2. The van der Waals surface area contributed by atoms with Crippen LogP contribution < -0.4 is 22.1 Å². The van der Waals surface area contributed by atoms with Crippen molar-refractivity contribution in [1.29, 1.82) is 0 Å². The topological polar surface area (TPSA) is 106 Å². The van der Waals surface area contributed by atoms with Crippen molar-refractivity contribution in [2.75, 3.05) is 17.6 Å². The van der Waals surface area contributed by atoms with E-state index in [1.807, 2.05) is 36.0 Å². The van der Waals surface area contributed by atoms with Crippen molar-refractivity contribution in [2.45, 2.75) is 37.5 Å². The average Bonchev–Trinajstić information content (AvgIpc) is 3.39. The van der Waals surface area contributed by atoms with Gasteiger partial charge in [0.2, 0.25) is 5.91 Å². The Kier molecular flexibility index (Phi) is 8.74. The van der Waals surface area contributed by atoms with E-state index in [-0.39, 0.29) is 17.6 Å². The first-order valence-electron chi connectivity index (χ1n) is 11.3. The van der Waals surface area contributed by atoms with Gasteiger partial charge in [-0.2, -0.15) is 11.8 Å². The fraction of sp³-hybridized carbons (Fsp3) is 0.440. The number of nitrogens with zero attached hydrogens (tertiary/aromatic N) is 1. The highest BCUT2D eigenvalue weighted by Gasteiger charge is 2.45. The zero-order chi connectivity index (χ0) is 24.0. The lowest BCUT2D eigenvalue weighted by Crippen LogP contribution is -2.32. The lowest BCUT2D eigenvalue weighted by molar-refractivity contribution is -0.116. The second kappa shape index (κ2) is 11.5. The van der Waals surface area contributed by atoms with Crippen LogP contribution in [0.25, 0.3) is 0 Å². The smallest absolute Gasteiger partial charge is 0.243 e. The first-order chi connectivity index (χ1) is 15.8. The lowest BCUT2D eigenvalue weighted by atomic mass is 9.88. The largest absolute Gasteiger partial charge is 0.400 e. The number of thioether (sulfide) groups is 1. The zero-order valence-corrected chi connectivity index (χ0v) is 19.9. The molecular formula is C25H34FN5OS. The number of fused-ring (bicyclic) bond motifs is 2. The van der Waals surface area contributed by atoms with Crippen LogP contribution in [0.3, 0.4) is 0 Å². The molecule has 0 saturated heterocycles. The van der Waals surface area contributed by atoms with E-state index >= 15 is 0 Å². The molecule has 2 aliphatic rings. The Morgan fingerprint density at radius 2 is 2.15 bits per heavy atom. The molecule has 1 amide bonds. The van der Waals surface area contributed by atoms with Gasteiger partial charge in [-0.25, -0.2) is 9.38 Å². The SMILES string of the molecule is C=CC(=O)NCC1CC2CC1CC2SCC(N)c1cccc(NC(=C)/N=C\C(F)=C(/C)N)c1. The first kappa shape index (κ1) is 25.1. The zero-order valence-electron chi connectivity index (χ0n) is 19.1. The number of carbonyl (C=O) groups is 1. The number of nitrogens with one attached hydrogen (secondary N) is 2. The number of hydrogen-bond acceptors (Lipinski definition) is 6. The summed E-state index contributed by atoms with van der Waals surface area (Å²) in [6, 6.07) is 7.73. The number of amides is 1. The molecule has 6 nitrogen and oxygen atoms in total. The van der Waals surface area contributed by atoms with Gasteiger partial charge in [0.25, 0.3) is 0 Å². The van der Waals surface area contributed by atoms with E-state index in [1.54, 1.807) is 0 Å². The predicted octanol–water partition coefficient (Wildman–Crippen LogP) is 4.25. The third-order valence-electron chi connectivity index (χ3n) is 6.47. The summed E-state index contributed by atoms with van der Waals surface area (Å²) < 4.78 is 13.5. The molecule has 2 bridgehead atoms. The molecule has 3 rings (SSSR count). The Labute approximate surface area is 199 Å². The standard InChI is InChI=1S/C25H34FN5OS/c1-4-25(32)30-12-20-9-19-8-18(20)11-24(19)33-14-23(28)17-6-5-7-21(10-17)31-16(3)29-13-22(26)15(2)27/h4-7,10,13,18-20,23-24,31H,1,3,8-9,11-12,14,27-28H2,2H3,(H,30,32)/b22-15-,29-13-. The fourth-order valence-electron chi connectivity index (χ4n) is 4.71. The third kappa shape index (κ3) is 6.95. The van der Waals surface area contributed by atoms with Gasteiger partial charge in [0.05, 0.1) is 6.21 Å². The molecule has 0 aromatic heterocycles. The van der Waals surface area contributed by atoms with Crippen LogP contribution in [0.1, 0.15) is 37.8 Å². The monoisotopic (exact) mass is 471 g/mol. The predicted molar refractivity (Wildman–Crippen MR) is 136 cm³/mol. The lowest BCUT2D eigenvalue weighted by Gasteiger charge is -2.28. The van der Waals surface area contributed by atoms with E-state index in [1.165, 1.54) is 32.3 Å². The van der Waals surface area contributed by atoms with E-state index in [2.05, 4.69) is 28.8 Å². The van der Waals surface area contributed by atoms with E-state index in [9.17, 15) is 9.18 Å². The maximum atomic E-state index is 13.5. The quantitative estimate of drug-likeness (QED) is 0.285. The van der Waals surface area contributed by atoms with Gasteiger partial charge in [-0.05, 0) is 67.7 Å². The molecule has 1 aromatic carbocycles. The van der Waals surface area contributed by atoms with Crippen molar-refractivity contribution in [3.8, 4) is 0 Å². The number of benzene rings is 1. The Hall–Kier alpha value is -2.58. The Balaban J connectivity index is 1.47. The van der Waals surface area contributed by atoms with Gasteiger partial charge in [-0.1, -0.05) is 25.3 Å². The minimum atomic E-state index is -0.584. The fourth-order valence-corrected chi connectivity index (χ4v) is 6.23. The van der Waals surface area contributed by atoms with Crippen LogP contribution in [-0.2, 0) is 4.79 Å². The van der Waals surface area contributed by atoms with Crippen LogP contribution in [0.15, 0.2) is 65.8 Å².